The van der Waals surface area contributed by atoms with Crippen LogP contribution in [0.4, 0.5) is 11.6 Å². The van der Waals surface area contributed by atoms with Crippen LogP contribution in [0.25, 0.3) is 22.0 Å². The van der Waals surface area contributed by atoms with Crippen molar-refractivity contribution in [3.05, 3.63) is 65.9 Å². The molecule has 0 amide bonds. The van der Waals surface area contributed by atoms with Crippen LogP contribution in [0.15, 0.2) is 65.8 Å². The molecule has 0 radical (unpaired) electrons. The SMILES string of the molecule is CNc1ncc2cc(-c3cccc(NS(=O)(=O)c4cc(Cl)cnc4OC)c3)ccc2n1. The lowest BCUT2D eigenvalue weighted by Gasteiger charge is -2.12. The highest BCUT2D eigenvalue weighted by Gasteiger charge is 2.21. The number of pyridine rings is 1. The van der Waals surface area contributed by atoms with Crippen LogP contribution < -0.4 is 14.8 Å². The molecule has 0 saturated carbocycles. The number of hydrogen-bond donors (Lipinski definition) is 2. The molecule has 0 unspecified atom stereocenters. The number of hydrogen-bond acceptors (Lipinski definition) is 7. The summed E-state index contributed by atoms with van der Waals surface area (Å²) in [7, 11) is -0.862. The Balaban J connectivity index is 1.67. The first-order valence-electron chi connectivity index (χ1n) is 9.17. The summed E-state index contributed by atoms with van der Waals surface area (Å²) in [6, 6.07) is 14.1. The Hall–Kier alpha value is -3.43. The molecule has 0 atom stereocenters. The molecule has 2 aromatic carbocycles. The second-order valence-corrected chi connectivity index (χ2v) is 8.65. The minimum Gasteiger partial charge on any atom is -0.480 e. The maximum absolute atomic E-state index is 12.9. The summed E-state index contributed by atoms with van der Waals surface area (Å²) in [6.45, 7) is 0. The van der Waals surface area contributed by atoms with Crippen molar-refractivity contribution in [3.63, 3.8) is 0 Å². The summed E-state index contributed by atoms with van der Waals surface area (Å²) in [5.74, 6) is 0.506. The van der Waals surface area contributed by atoms with Gasteiger partial charge in [-0.1, -0.05) is 29.8 Å². The molecule has 158 valence electrons. The molecule has 31 heavy (non-hydrogen) atoms. The van der Waals surface area contributed by atoms with Gasteiger partial charge in [0.15, 0.2) is 4.90 Å². The van der Waals surface area contributed by atoms with E-state index in [1.807, 2.05) is 24.3 Å². The number of methoxy groups -OCH3 is 1. The highest BCUT2D eigenvalue weighted by atomic mass is 35.5. The Kier molecular flexibility index (Phi) is 5.62. The Morgan fingerprint density at radius 1 is 1.00 bits per heavy atom. The Morgan fingerprint density at radius 3 is 2.58 bits per heavy atom. The Bertz CT molecular complexity index is 1380. The zero-order valence-electron chi connectivity index (χ0n) is 16.6. The third-order valence-electron chi connectivity index (χ3n) is 4.52. The highest BCUT2D eigenvalue weighted by Crippen LogP contribution is 2.29. The molecule has 0 bridgehead atoms. The molecule has 0 fully saturated rings. The molecule has 10 heteroatoms. The lowest BCUT2D eigenvalue weighted by Crippen LogP contribution is -2.14. The van der Waals surface area contributed by atoms with E-state index in [0.29, 0.717) is 11.6 Å². The zero-order valence-corrected chi connectivity index (χ0v) is 18.2. The summed E-state index contributed by atoms with van der Waals surface area (Å²) in [5, 5.41) is 3.97. The number of ether oxygens (including phenoxy) is 1. The predicted molar refractivity (Wildman–Crippen MR) is 121 cm³/mol. The summed E-state index contributed by atoms with van der Waals surface area (Å²) in [6.07, 6.45) is 3.06. The van der Waals surface area contributed by atoms with Crippen LogP contribution in [-0.2, 0) is 10.0 Å². The largest absolute Gasteiger partial charge is 0.480 e. The highest BCUT2D eigenvalue weighted by molar-refractivity contribution is 7.92. The fourth-order valence-electron chi connectivity index (χ4n) is 3.06. The zero-order chi connectivity index (χ0) is 22.0. The summed E-state index contributed by atoms with van der Waals surface area (Å²) >= 11 is 5.93. The monoisotopic (exact) mass is 455 g/mol. The van der Waals surface area contributed by atoms with Crippen LogP contribution in [0.2, 0.25) is 5.02 Å². The fourth-order valence-corrected chi connectivity index (χ4v) is 4.48. The molecule has 4 rings (SSSR count). The van der Waals surface area contributed by atoms with Gasteiger partial charge in [0, 0.05) is 30.5 Å². The van der Waals surface area contributed by atoms with E-state index in [9.17, 15) is 8.42 Å². The molecule has 0 saturated heterocycles. The van der Waals surface area contributed by atoms with Gasteiger partial charge in [0.2, 0.25) is 11.8 Å². The molecular formula is C21H18ClN5O3S. The summed E-state index contributed by atoms with van der Waals surface area (Å²) in [5.41, 5.74) is 2.93. The smallest absolute Gasteiger partial charge is 0.267 e. The van der Waals surface area contributed by atoms with Crippen molar-refractivity contribution < 1.29 is 13.2 Å². The average molecular weight is 456 g/mol. The third-order valence-corrected chi connectivity index (χ3v) is 6.10. The van der Waals surface area contributed by atoms with Gasteiger partial charge in [-0.15, -0.1) is 0 Å². The summed E-state index contributed by atoms with van der Waals surface area (Å²) in [4.78, 5) is 12.4. The third kappa shape index (κ3) is 4.37. The van der Waals surface area contributed by atoms with Gasteiger partial charge in [-0.3, -0.25) is 4.72 Å². The Labute approximate surface area is 184 Å². The number of sulfonamides is 1. The number of benzene rings is 2. The maximum Gasteiger partial charge on any atom is 0.267 e. The topological polar surface area (TPSA) is 106 Å². The average Bonchev–Trinajstić information content (AvgIpc) is 2.78. The quantitative estimate of drug-likeness (QED) is 0.448. The van der Waals surface area contributed by atoms with Gasteiger partial charge in [0.05, 0.1) is 17.6 Å². The number of nitrogens with zero attached hydrogens (tertiary/aromatic N) is 3. The van der Waals surface area contributed by atoms with Gasteiger partial charge in [-0.25, -0.2) is 23.4 Å². The van der Waals surface area contributed by atoms with Gasteiger partial charge >= 0.3 is 0 Å². The summed E-state index contributed by atoms with van der Waals surface area (Å²) < 4.78 is 33.4. The molecule has 8 nitrogen and oxygen atoms in total. The lowest BCUT2D eigenvalue weighted by atomic mass is 10.0. The van der Waals surface area contributed by atoms with Crippen molar-refractivity contribution in [2.24, 2.45) is 0 Å². The molecule has 0 aliphatic carbocycles. The minimum atomic E-state index is -3.97. The maximum atomic E-state index is 12.9. The van der Waals surface area contributed by atoms with Gasteiger partial charge < -0.3 is 10.1 Å². The van der Waals surface area contributed by atoms with E-state index < -0.39 is 10.0 Å². The predicted octanol–water partition coefficient (Wildman–Crippen LogP) is 4.20. The van der Waals surface area contributed by atoms with Crippen LogP contribution >= 0.6 is 11.6 Å². The van der Waals surface area contributed by atoms with Crippen LogP contribution in [0.3, 0.4) is 0 Å². The van der Waals surface area contributed by atoms with Gasteiger partial charge in [-0.2, -0.15) is 0 Å². The van der Waals surface area contributed by atoms with Crippen molar-refractivity contribution in [1.29, 1.82) is 0 Å². The number of aromatic nitrogens is 3. The van der Waals surface area contributed by atoms with E-state index in [2.05, 4.69) is 25.0 Å². The second-order valence-electron chi connectivity index (χ2n) is 6.56. The van der Waals surface area contributed by atoms with E-state index in [4.69, 9.17) is 16.3 Å². The van der Waals surface area contributed by atoms with E-state index in [1.165, 1.54) is 19.4 Å². The molecule has 2 heterocycles. The van der Waals surface area contributed by atoms with Gasteiger partial charge in [0.1, 0.15) is 0 Å². The van der Waals surface area contributed by atoms with Crippen LogP contribution in [0.1, 0.15) is 0 Å². The molecular weight excluding hydrogens is 438 g/mol. The van der Waals surface area contributed by atoms with Crippen molar-refractivity contribution in [2.45, 2.75) is 4.90 Å². The minimum absolute atomic E-state index is 0.0384. The number of anilines is 2. The molecule has 2 N–H and O–H groups in total. The second kappa shape index (κ2) is 8.37. The lowest BCUT2D eigenvalue weighted by molar-refractivity contribution is 0.385. The number of rotatable bonds is 6. The van der Waals surface area contributed by atoms with Crippen molar-refractivity contribution in [2.75, 3.05) is 24.2 Å². The molecule has 0 aliphatic heterocycles. The van der Waals surface area contributed by atoms with Gasteiger partial charge in [-0.05, 0) is 41.5 Å². The fraction of sp³-hybridized carbons (Fsp3) is 0.0952. The molecule has 2 aromatic heterocycles. The first kappa shape index (κ1) is 20.8. The van der Waals surface area contributed by atoms with Gasteiger partial charge in [0.25, 0.3) is 10.0 Å². The van der Waals surface area contributed by atoms with Crippen LogP contribution in [-0.4, -0.2) is 37.5 Å². The van der Waals surface area contributed by atoms with Crippen molar-refractivity contribution in [3.8, 4) is 17.0 Å². The molecule has 4 aromatic rings. The van der Waals surface area contributed by atoms with E-state index in [-0.39, 0.29) is 15.8 Å². The first-order valence-corrected chi connectivity index (χ1v) is 11.0. The normalized spacial score (nSPS) is 11.3. The van der Waals surface area contributed by atoms with Crippen LogP contribution in [0.5, 0.6) is 5.88 Å². The first-order chi connectivity index (χ1) is 14.9. The standard InChI is InChI=1S/C21H18ClN5O3S/c1-23-21-25-11-15-8-14(6-7-18(15)26-21)13-4-3-5-17(9-13)27-31(28,29)19-10-16(22)12-24-20(19)30-2/h3-12,27H,1-2H3,(H,23,25,26). The van der Waals surface area contributed by atoms with Crippen molar-refractivity contribution in [1.82, 2.24) is 15.0 Å². The van der Waals surface area contributed by atoms with Crippen molar-refractivity contribution >= 4 is 44.2 Å². The van der Waals surface area contributed by atoms with Crippen LogP contribution in [0, 0.1) is 0 Å². The molecule has 0 aliphatic rings. The Morgan fingerprint density at radius 2 is 1.81 bits per heavy atom. The molecule has 0 spiro atoms. The number of nitrogens with one attached hydrogen (secondary N) is 2. The van der Waals surface area contributed by atoms with E-state index in [0.717, 1.165) is 22.0 Å². The number of fused-ring (bicyclic) bond motifs is 1. The van der Waals surface area contributed by atoms with E-state index >= 15 is 0 Å². The number of halogens is 1. The van der Waals surface area contributed by atoms with E-state index in [1.54, 1.807) is 31.4 Å².